The van der Waals surface area contributed by atoms with Gasteiger partial charge in [0.2, 0.25) is 0 Å². The van der Waals surface area contributed by atoms with Gasteiger partial charge in [0, 0.05) is 23.8 Å². The highest BCUT2D eigenvalue weighted by Gasteiger charge is 2.58. The van der Waals surface area contributed by atoms with Crippen molar-refractivity contribution in [2.24, 2.45) is 15.9 Å². The lowest BCUT2D eigenvalue weighted by atomic mass is 9.84. The van der Waals surface area contributed by atoms with Crippen molar-refractivity contribution < 1.29 is 40.9 Å². The summed E-state index contributed by atoms with van der Waals surface area (Å²) in [6.45, 7) is 6.91. The molecule has 1 atom stereocenters. The number of ether oxygens (including phenoxy) is 1. The number of amides is 2. The maximum Gasteiger partial charge on any atom is 0.418 e. The van der Waals surface area contributed by atoms with Gasteiger partial charge in [-0.2, -0.15) is 13.5 Å². The van der Waals surface area contributed by atoms with Gasteiger partial charge in [0.05, 0.1) is 38.8 Å². The van der Waals surface area contributed by atoms with Crippen molar-refractivity contribution >= 4 is 50.2 Å². The molecule has 2 aliphatic heterocycles. The largest absolute Gasteiger partial charge is 0.490 e. The molecular weight excluding hydrogens is 616 g/mol. The van der Waals surface area contributed by atoms with E-state index in [1.54, 1.807) is 12.1 Å². The van der Waals surface area contributed by atoms with Gasteiger partial charge in [-0.15, -0.1) is 15.6 Å². The number of amidine groups is 1. The monoisotopic (exact) mass is 653 g/mol. The number of aromatic nitrogens is 1. The SMILES string of the molecule is CC1(C)[C@H](NC(=O)C(=NOCCOc2ccc(C(N)=NCC[N+]3(C)CCCC3)cc2)c2csc(N)n2)C(=O)N1OS(=O)(=O)O. The molecule has 2 amide bonds. The standard InChI is InChI=1S/C26H36N8O8S2/c1-26(2)21(24(36)33(26)42-44(37,38)39)31-23(35)20(19-16-43-25(28)30-19)32-41-15-14-40-18-8-6-17(7-9-18)22(27)29-10-13-34(3)11-4-5-12-34/h6-9,16,21H,4-5,10-15H2,1-3H3,(H5-,27,28,29,30,31,35,37,38,39)/p+1/t21-/m1/s1. The van der Waals surface area contributed by atoms with Gasteiger partial charge >= 0.3 is 10.4 Å². The molecule has 4 rings (SSSR count). The smallest absolute Gasteiger partial charge is 0.418 e. The molecule has 1 aromatic carbocycles. The van der Waals surface area contributed by atoms with Crippen LogP contribution in [-0.4, -0.2) is 109 Å². The van der Waals surface area contributed by atoms with E-state index in [2.05, 4.69) is 31.8 Å². The van der Waals surface area contributed by atoms with Crippen LogP contribution >= 0.6 is 11.3 Å². The average Bonchev–Trinajstić information content (AvgIpc) is 3.59. The van der Waals surface area contributed by atoms with Crippen molar-refractivity contribution in [3.63, 3.8) is 0 Å². The van der Waals surface area contributed by atoms with Crippen molar-refractivity contribution in [3.8, 4) is 5.75 Å². The number of hydroxylamine groups is 2. The molecule has 0 aliphatic carbocycles. The minimum absolute atomic E-state index is 0.0391. The number of aliphatic imine (C=N–C) groups is 1. The molecule has 0 radical (unpaired) electrons. The van der Waals surface area contributed by atoms with E-state index < -0.39 is 33.8 Å². The number of quaternary nitrogens is 1. The number of rotatable bonds is 14. The molecule has 6 N–H and O–H groups in total. The second kappa shape index (κ2) is 13.4. The Labute approximate surface area is 259 Å². The summed E-state index contributed by atoms with van der Waals surface area (Å²) >= 11 is 1.07. The summed E-state index contributed by atoms with van der Waals surface area (Å²) in [5.41, 5.74) is 11.2. The summed E-state index contributed by atoms with van der Waals surface area (Å²) < 4.78 is 42.1. The van der Waals surface area contributed by atoms with Crippen LogP contribution in [0.4, 0.5) is 5.13 Å². The fraction of sp³-hybridized carbons (Fsp3) is 0.500. The maximum absolute atomic E-state index is 13.1. The number of nitrogens with zero attached hydrogens (tertiary/aromatic N) is 5. The molecule has 2 saturated heterocycles. The number of hydrogen-bond donors (Lipinski definition) is 4. The normalized spacial score (nSPS) is 19.9. The zero-order chi connectivity index (χ0) is 32.1. The highest BCUT2D eigenvalue weighted by molar-refractivity contribution is 7.80. The number of carbonyl (C=O) groups excluding carboxylic acids is 2. The van der Waals surface area contributed by atoms with Crippen LogP contribution in [-0.2, 0) is 29.1 Å². The van der Waals surface area contributed by atoms with Crippen molar-refractivity contribution in [3.05, 3.63) is 40.9 Å². The van der Waals surface area contributed by atoms with Crippen LogP contribution in [0.3, 0.4) is 0 Å². The molecule has 18 heteroatoms. The van der Waals surface area contributed by atoms with Gasteiger partial charge in [0.1, 0.15) is 29.9 Å². The number of benzene rings is 1. The van der Waals surface area contributed by atoms with E-state index in [4.69, 9.17) is 25.6 Å². The Hall–Kier alpha value is -3.84. The fourth-order valence-electron chi connectivity index (χ4n) is 4.87. The third-order valence-corrected chi connectivity index (χ3v) is 8.43. The number of oxime groups is 1. The number of β-lactam (4-membered cyclic amide) rings is 1. The number of nitrogen functional groups attached to an aromatic ring is 1. The summed E-state index contributed by atoms with van der Waals surface area (Å²) in [7, 11) is -2.69. The van der Waals surface area contributed by atoms with Gasteiger partial charge in [-0.3, -0.25) is 19.1 Å². The quantitative estimate of drug-likeness (QED) is 0.0413. The molecule has 44 heavy (non-hydrogen) atoms. The predicted molar refractivity (Wildman–Crippen MR) is 162 cm³/mol. The first-order valence-corrected chi connectivity index (χ1v) is 16.0. The highest BCUT2D eigenvalue weighted by Crippen LogP contribution is 2.33. The lowest BCUT2D eigenvalue weighted by molar-refractivity contribution is -0.896. The molecule has 0 spiro atoms. The molecular formula is C26H37N8O8S2+. The van der Waals surface area contributed by atoms with Crippen LogP contribution in [0.2, 0.25) is 0 Å². The first-order valence-electron chi connectivity index (χ1n) is 13.8. The van der Waals surface area contributed by atoms with Crippen molar-refractivity contribution in [1.29, 1.82) is 0 Å². The van der Waals surface area contributed by atoms with Crippen molar-refractivity contribution in [2.45, 2.75) is 38.3 Å². The van der Waals surface area contributed by atoms with E-state index >= 15 is 0 Å². The Morgan fingerprint density at radius 1 is 1.25 bits per heavy atom. The maximum atomic E-state index is 13.1. The number of likely N-dealkylation sites (N-methyl/N-ethyl adjacent to an activating group) is 1. The van der Waals surface area contributed by atoms with E-state index in [0.717, 1.165) is 27.9 Å². The van der Waals surface area contributed by atoms with Crippen LogP contribution in [0.25, 0.3) is 0 Å². The summed E-state index contributed by atoms with van der Waals surface area (Å²) in [5.74, 6) is -0.694. The van der Waals surface area contributed by atoms with Crippen LogP contribution in [0.5, 0.6) is 5.75 Å². The van der Waals surface area contributed by atoms with Gasteiger partial charge in [0.25, 0.3) is 11.8 Å². The topological polar surface area (TPSA) is 221 Å². The summed E-state index contributed by atoms with van der Waals surface area (Å²) in [6, 6.07) is 5.97. The van der Waals surface area contributed by atoms with E-state index in [1.807, 2.05) is 12.1 Å². The highest BCUT2D eigenvalue weighted by atomic mass is 32.3. The molecule has 0 saturated carbocycles. The second-order valence-corrected chi connectivity index (χ2v) is 13.1. The van der Waals surface area contributed by atoms with Gasteiger partial charge in [-0.1, -0.05) is 5.16 Å². The van der Waals surface area contributed by atoms with E-state index in [1.165, 1.54) is 45.2 Å². The Bertz CT molecular complexity index is 1520. The summed E-state index contributed by atoms with van der Waals surface area (Å²) in [6.07, 6.45) is 2.51. The molecule has 3 heterocycles. The third kappa shape index (κ3) is 8.20. The van der Waals surface area contributed by atoms with E-state index in [-0.39, 0.29) is 29.8 Å². The lowest BCUT2D eigenvalue weighted by Gasteiger charge is -2.50. The van der Waals surface area contributed by atoms with Gasteiger partial charge < -0.3 is 30.8 Å². The Balaban J connectivity index is 1.29. The second-order valence-electron chi connectivity index (χ2n) is 11.2. The van der Waals surface area contributed by atoms with Crippen LogP contribution < -0.4 is 21.5 Å². The molecule has 16 nitrogen and oxygen atoms in total. The molecule has 2 aliphatic rings. The van der Waals surface area contributed by atoms with Gasteiger partial charge in [0.15, 0.2) is 17.5 Å². The number of hydrogen-bond acceptors (Lipinski definition) is 12. The van der Waals surface area contributed by atoms with Crippen LogP contribution in [0.1, 0.15) is 37.9 Å². The average molecular weight is 654 g/mol. The minimum atomic E-state index is -4.95. The van der Waals surface area contributed by atoms with Gasteiger partial charge in [-0.05, 0) is 38.1 Å². The van der Waals surface area contributed by atoms with Crippen molar-refractivity contribution in [2.75, 3.05) is 52.2 Å². The molecule has 240 valence electrons. The summed E-state index contributed by atoms with van der Waals surface area (Å²) in [4.78, 5) is 39.4. The Kier molecular flexibility index (Phi) is 10.1. The lowest BCUT2D eigenvalue weighted by Crippen LogP contribution is -2.76. The fourth-order valence-corrected chi connectivity index (χ4v) is 5.88. The van der Waals surface area contributed by atoms with Crippen LogP contribution in [0, 0.1) is 0 Å². The molecule has 0 unspecified atom stereocenters. The number of nitrogens with two attached hydrogens (primary N) is 2. The molecule has 1 aromatic heterocycles. The third-order valence-electron chi connectivity index (χ3n) is 7.42. The molecule has 2 aromatic rings. The van der Waals surface area contributed by atoms with E-state index in [9.17, 15) is 18.0 Å². The Morgan fingerprint density at radius 2 is 1.93 bits per heavy atom. The van der Waals surface area contributed by atoms with Crippen molar-refractivity contribution in [1.82, 2.24) is 15.4 Å². The predicted octanol–water partition coefficient (Wildman–Crippen LogP) is 0.311. The number of likely N-dealkylation sites (tertiary alicyclic amines) is 1. The zero-order valence-corrected chi connectivity index (χ0v) is 26.3. The van der Waals surface area contributed by atoms with Gasteiger partial charge in [-0.25, -0.2) is 4.98 Å². The molecule has 0 bridgehead atoms. The van der Waals surface area contributed by atoms with E-state index in [0.29, 0.717) is 23.2 Å². The number of carbonyl (C=O) groups is 2. The number of nitrogens with one attached hydrogen (secondary N) is 1. The number of anilines is 1. The first-order chi connectivity index (χ1) is 20.7. The minimum Gasteiger partial charge on any atom is -0.490 e. The molecule has 2 fully saturated rings. The summed E-state index contributed by atoms with van der Waals surface area (Å²) in [5, 5.41) is 8.46. The number of thiazole rings is 1. The Morgan fingerprint density at radius 3 is 2.52 bits per heavy atom. The van der Waals surface area contributed by atoms with Crippen LogP contribution in [0.15, 0.2) is 39.8 Å². The first kappa shape index (κ1) is 33.1. The zero-order valence-electron chi connectivity index (χ0n) is 24.6.